The van der Waals surface area contributed by atoms with Crippen molar-refractivity contribution in [2.24, 2.45) is 0 Å². The van der Waals surface area contributed by atoms with Crippen molar-refractivity contribution in [2.75, 3.05) is 13.9 Å². The normalized spacial score (nSPS) is 21.4. The minimum atomic E-state index is -0.675. The maximum absolute atomic E-state index is 13.1. The molecule has 7 nitrogen and oxygen atoms in total. The first-order valence-corrected chi connectivity index (χ1v) is 10.8. The summed E-state index contributed by atoms with van der Waals surface area (Å²) >= 11 is 0. The molecule has 3 aliphatic rings. The van der Waals surface area contributed by atoms with Crippen LogP contribution in [0.25, 0.3) is 0 Å². The maximum Gasteiger partial charge on any atom is 0.253 e. The monoisotopic (exact) mass is 422 g/mol. The van der Waals surface area contributed by atoms with Crippen LogP contribution in [0.1, 0.15) is 60.5 Å². The molecule has 1 unspecified atom stereocenters. The van der Waals surface area contributed by atoms with E-state index in [1.807, 2.05) is 23.1 Å². The number of fused-ring (bicyclic) bond motifs is 1. The fraction of sp³-hybridized carbons (Fsp3) is 0.417. The number of ether oxygens (including phenoxy) is 3. The molecular weight excluding hydrogens is 396 g/mol. The van der Waals surface area contributed by atoms with Gasteiger partial charge in [-0.1, -0.05) is 12.5 Å². The Hall–Kier alpha value is -3.22. The Balaban J connectivity index is 1.42. The SMILES string of the molecule is COc1ccc(C(=O)NC2(N3C(=O)CC3c3ccc4c(c3)OCO4)CCCCC2)cc1. The molecule has 1 saturated carbocycles. The van der Waals surface area contributed by atoms with Crippen LogP contribution in [0.15, 0.2) is 42.5 Å². The maximum atomic E-state index is 13.1. The summed E-state index contributed by atoms with van der Waals surface area (Å²) in [4.78, 5) is 27.9. The topological polar surface area (TPSA) is 77.1 Å². The van der Waals surface area contributed by atoms with E-state index in [1.54, 1.807) is 31.4 Å². The van der Waals surface area contributed by atoms with Crippen LogP contribution in [-0.2, 0) is 4.79 Å². The zero-order valence-corrected chi connectivity index (χ0v) is 17.6. The van der Waals surface area contributed by atoms with Crippen LogP contribution in [0.4, 0.5) is 0 Å². The first kappa shape index (κ1) is 19.7. The highest BCUT2D eigenvalue weighted by atomic mass is 16.7. The summed E-state index contributed by atoms with van der Waals surface area (Å²) in [6.45, 7) is 0.216. The van der Waals surface area contributed by atoms with Crippen LogP contribution in [0.2, 0.25) is 0 Å². The standard InChI is InChI=1S/C24H26N2O5/c1-29-18-8-5-16(6-9-18)23(28)25-24(11-3-2-4-12-24)26-19(14-22(26)27)17-7-10-20-21(13-17)31-15-30-20/h5-10,13,19H,2-4,11-12,14-15H2,1H3,(H,25,28). The van der Waals surface area contributed by atoms with Crippen molar-refractivity contribution in [3.63, 3.8) is 0 Å². The van der Waals surface area contributed by atoms with E-state index in [9.17, 15) is 9.59 Å². The number of likely N-dealkylation sites (tertiary alicyclic amines) is 1. The van der Waals surface area contributed by atoms with Gasteiger partial charge in [-0.15, -0.1) is 0 Å². The zero-order valence-electron chi connectivity index (χ0n) is 17.6. The molecule has 0 radical (unpaired) electrons. The summed E-state index contributed by atoms with van der Waals surface area (Å²) in [5.74, 6) is 2.02. The van der Waals surface area contributed by atoms with E-state index in [1.165, 1.54) is 0 Å². The highest BCUT2D eigenvalue weighted by Gasteiger charge is 2.51. The van der Waals surface area contributed by atoms with Crippen molar-refractivity contribution < 1.29 is 23.8 Å². The molecule has 2 aliphatic heterocycles. The summed E-state index contributed by atoms with van der Waals surface area (Å²) in [5, 5.41) is 3.24. The van der Waals surface area contributed by atoms with Crippen LogP contribution >= 0.6 is 0 Å². The molecule has 2 aromatic rings. The molecule has 2 amide bonds. The Morgan fingerprint density at radius 3 is 2.52 bits per heavy atom. The van der Waals surface area contributed by atoms with Crippen LogP contribution < -0.4 is 19.5 Å². The van der Waals surface area contributed by atoms with Crippen molar-refractivity contribution in [1.82, 2.24) is 10.2 Å². The molecule has 2 aromatic carbocycles. The third kappa shape index (κ3) is 3.48. The number of carbonyl (C=O) groups is 2. The fourth-order valence-electron chi connectivity index (χ4n) is 4.93. The van der Waals surface area contributed by atoms with Gasteiger partial charge in [-0.05, 0) is 67.6 Å². The molecular formula is C24H26N2O5. The lowest BCUT2D eigenvalue weighted by Crippen LogP contribution is -2.68. The summed E-state index contributed by atoms with van der Waals surface area (Å²) in [7, 11) is 1.60. The quantitative estimate of drug-likeness (QED) is 0.742. The van der Waals surface area contributed by atoms with Crippen molar-refractivity contribution in [3.8, 4) is 17.2 Å². The van der Waals surface area contributed by atoms with E-state index in [4.69, 9.17) is 14.2 Å². The number of hydrogen-bond donors (Lipinski definition) is 1. The molecule has 1 saturated heterocycles. The van der Waals surface area contributed by atoms with Gasteiger partial charge in [0.15, 0.2) is 11.5 Å². The van der Waals surface area contributed by atoms with E-state index < -0.39 is 5.66 Å². The van der Waals surface area contributed by atoms with Crippen LogP contribution in [0.5, 0.6) is 17.2 Å². The van der Waals surface area contributed by atoms with Gasteiger partial charge in [-0.2, -0.15) is 0 Å². The Bertz CT molecular complexity index is 998. The van der Waals surface area contributed by atoms with Crippen molar-refractivity contribution in [3.05, 3.63) is 53.6 Å². The Morgan fingerprint density at radius 1 is 1.06 bits per heavy atom. The van der Waals surface area contributed by atoms with Gasteiger partial charge in [0, 0.05) is 5.56 Å². The van der Waals surface area contributed by atoms with Gasteiger partial charge < -0.3 is 24.4 Å². The highest BCUT2D eigenvalue weighted by Crippen LogP contribution is 2.47. The van der Waals surface area contributed by atoms with Gasteiger partial charge in [0.2, 0.25) is 12.7 Å². The van der Waals surface area contributed by atoms with Crippen LogP contribution in [0.3, 0.4) is 0 Å². The molecule has 1 aliphatic carbocycles. The number of carbonyl (C=O) groups excluding carboxylic acids is 2. The number of benzene rings is 2. The fourth-order valence-corrected chi connectivity index (χ4v) is 4.93. The number of rotatable bonds is 5. The molecule has 7 heteroatoms. The van der Waals surface area contributed by atoms with Gasteiger partial charge in [-0.3, -0.25) is 9.59 Å². The Kier molecular flexibility index (Phi) is 4.96. The molecule has 1 atom stereocenters. The van der Waals surface area contributed by atoms with Gasteiger partial charge in [0.1, 0.15) is 11.4 Å². The minimum Gasteiger partial charge on any atom is -0.497 e. The van der Waals surface area contributed by atoms with E-state index >= 15 is 0 Å². The first-order valence-electron chi connectivity index (χ1n) is 10.8. The number of nitrogens with zero attached hydrogens (tertiary/aromatic N) is 1. The van der Waals surface area contributed by atoms with E-state index in [0.717, 1.165) is 43.4 Å². The second kappa shape index (κ2) is 7.80. The van der Waals surface area contributed by atoms with Gasteiger partial charge in [0.05, 0.1) is 19.6 Å². The highest BCUT2D eigenvalue weighted by molar-refractivity contribution is 5.95. The largest absolute Gasteiger partial charge is 0.497 e. The lowest BCUT2D eigenvalue weighted by molar-refractivity contribution is -0.162. The van der Waals surface area contributed by atoms with Crippen molar-refractivity contribution >= 4 is 11.8 Å². The predicted molar refractivity (Wildman–Crippen MR) is 113 cm³/mol. The van der Waals surface area contributed by atoms with E-state index in [2.05, 4.69) is 5.32 Å². The average molecular weight is 422 g/mol. The Labute approximate surface area is 181 Å². The van der Waals surface area contributed by atoms with Gasteiger partial charge in [-0.25, -0.2) is 0 Å². The number of nitrogens with one attached hydrogen (secondary N) is 1. The minimum absolute atomic E-state index is 0.0691. The summed E-state index contributed by atoms with van der Waals surface area (Å²) in [6.07, 6.45) is 4.99. The number of β-lactam (4-membered cyclic amide) rings is 1. The summed E-state index contributed by atoms with van der Waals surface area (Å²) in [5.41, 5.74) is 0.886. The lowest BCUT2D eigenvalue weighted by Gasteiger charge is -2.55. The molecule has 2 heterocycles. The third-order valence-corrected chi connectivity index (χ3v) is 6.57. The smallest absolute Gasteiger partial charge is 0.253 e. The molecule has 162 valence electrons. The molecule has 1 N–H and O–H groups in total. The number of amides is 2. The summed E-state index contributed by atoms with van der Waals surface area (Å²) in [6, 6.07) is 12.8. The molecule has 0 bridgehead atoms. The predicted octanol–water partition coefficient (Wildman–Crippen LogP) is 3.79. The van der Waals surface area contributed by atoms with E-state index in [0.29, 0.717) is 23.5 Å². The molecule has 5 rings (SSSR count). The molecule has 0 aromatic heterocycles. The zero-order chi connectivity index (χ0) is 21.4. The van der Waals surface area contributed by atoms with Gasteiger partial charge in [0.25, 0.3) is 5.91 Å². The summed E-state index contributed by atoms with van der Waals surface area (Å²) < 4.78 is 16.1. The molecule has 2 fully saturated rings. The average Bonchev–Trinajstić information content (AvgIpc) is 3.25. The third-order valence-electron chi connectivity index (χ3n) is 6.57. The Morgan fingerprint density at radius 2 is 1.81 bits per heavy atom. The van der Waals surface area contributed by atoms with Crippen LogP contribution in [0, 0.1) is 0 Å². The molecule has 31 heavy (non-hydrogen) atoms. The number of hydrogen-bond acceptors (Lipinski definition) is 5. The molecule has 0 spiro atoms. The lowest BCUT2D eigenvalue weighted by atomic mass is 9.81. The van der Waals surface area contributed by atoms with Crippen molar-refractivity contribution in [1.29, 1.82) is 0 Å². The second-order valence-electron chi connectivity index (χ2n) is 8.37. The van der Waals surface area contributed by atoms with Gasteiger partial charge >= 0.3 is 0 Å². The number of methoxy groups -OCH3 is 1. The second-order valence-corrected chi connectivity index (χ2v) is 8.37. The van der Waals surface area contributed by atoms with E-state index in [-0.39, 0.29) is 24.6 Å². The first-order chi connectivity index (χ1) is 15.1. The van der Waals surface area contributed by atoms with Crippen molar-refractivity contribution in [2.45, 2.75) is 50.2 Å². The van der Waals surface area contributed by atoms with Crippen LogP contribution in [-0.4, -0.2) is 36.3 Å².